The summed E-state index contributed by atoms with van der Waals surface area (Å²) in [6, 6.07) is 0. The summed E-state index contributed by atoms with van der Waals surface area (Å²) in [5, 5.41) is 11.2. The lowest BCUT2D eigenvalue weighted by Gasteiger charge is -2.30. The fraction of sp³-hybridized carbons (Fsp3) is 0.875. The molecule has 0 fully saturated rings. The standard InChI is InChI=1S/C8H19NS2/c1-10(2,3)6-7-11(4,5)8-9/h6-7H2,1-5H3. The van der Waals surface area contributed by atoms with E-state index in [0.717, 1.165) is 5.75 Å². The first kappa shape index (κ1) is 11.2. The molecule has 0 heterocycles. The predicted octanol–water partition coefficient (Wildman–Crippen LogP) is 2.23. The maximum atomic E-state index is 8.79. The second-order valence-corrected chi connectivity index (χ2v) is 12.4. The summed E-state index contributed by atoms with van der Waals surface area (Å²) >= 11 is 0. The van der Waals surface area contributed by atoms with Gasteiger partial charge in [-0.25, -0.2) is 10.0 Å². The van der Waals surface area contributed by atoms with Crippen LogP contribution in [-0.4, -0.2) is 42.8 Å². The van der Waals surface area contributed by atoms with Crippen molar-refractivity contribution in [2.24, 2.45) is 0 Å². The third kappa shape index (κ3) is 6.58. The van der Waals surface area contributed by atoms with Crippen molar-refractivity contribution in [3.63, 3.8) is 0 Å². The fourth-order valence-corrected chi connectivity index (χ4v) is 4.26. The molecule has 0 aliphatic heterocycles. The quantitative estimate of drug-likeness (QED) is 0.631. The summed E-state index contributed by atoms with van der Waals surface area (Å²) in [4.78, 5) is 0. The number of thiocyanates is 1. The molecule has 0 amide bonds. The minimum absolute atomic E-state index is 0.398. The summed E-state index contributed by atoms with van der Waals surface area (Å²) in [5.41, 5.74) is 0. The minimum Gasteiger partial charge on any atom is -0.249 e. The molecule has 0 aliphatic rings. The lowest BCUT2D eigenvalue weighted by atomic mass is 11.0. The zero-order chi connectivity index (χ0) is 9.12. The molecule has 0 unspecified atom stereocenters. The van der Waals surface area contributed by atoms with Gasteiger partial charge in [-0.2, -0.15) is 15.3 Å². The first-order valence-corrected chi connectivity index (χ1v) is 9.19. The van der Waals surface area contributed by atoms with Crippen molar-refractivity contribution in [2.75, 3.05) is 42.8 Å². The fourth-order valence-electron chi connectivity index (χ4n) is 0.504. The van der Waals surface area contributed by atoms with E-state index in [4.69, 9.17) is 5.26 Å². The Hall–Kier alpha value is 0.190. The van der Waals surface area contributed by atoms with Crippen LogP contribution in [0, 0.1) is 10.7 Å². The lowest BCUT2D eigenvalue weighted by Crippen LogP contribution is -2.08. The molecule has 3 heteroatoms. The van der Waals surface area contributed by atoms with Crippen LogP contribution in [0.25, 0.3) is 0 Å². The second kappa shape index (κ2) is 3.73. The Bertz CT molecular complexity index is 162. The van der Waals surface area contributed by atoms with Crippen molar-refractivity contribution in [3.8, 4) is 5.40 Å². The van der Waals surface area contributed by atoms with Gasteiger partial charge < -0.3 is 0 Å². The van der Waals surface area contributed by atoms with E-state index >= 15 is 0 Å². The van der Waals surface area contributed by atoms with Crippen LogP contribution in [-0.2, 0) is 0 Å². The largest absolute Gasteiger partial charge is 0.249 e. The van der Waals surface area contributed by atoms with Gasteiger partial charge in [0.25, 0.3) is 0 Å². The van der Waals surface area contributed by atoms with Gasteiger partial charge in [-0.05, 0) is 42.8 Å². The second-order valence-electron chi connectivity index (χ2n) is 4.13. The molecule has 0 N–H and O–H groups in total. The molecular weight excluding hydrogens is 174 g/mol. The average molecular weight is 193 g/mol. The first-order valence-electron chi connectivity index (χ1n) is 3.55. The summed E-state index contributed by atoms with van der Waals surface area (Å²) in [6.45, 7) is 0. The summed E-state index contributed by atoms with van der Waals surface area (Å²) in [7, 11) is -1.32. The van der Waals surface area contributed by atoms with Gasteiger partial charge in [0.1, 0.15) is 5.40 Å². The highest BCUT2D eigenvalue weighted by Gasteiger charge is 2.13. The highest BCUT2D eigenvalue weighted by molar-refractivity contribution is 8.38. The Labute approximate surface area is 73.8 Å². The van der Waals surface area contributed by atoms with E-state index in [-0.39, 0.29) is 0 Å². The van der Waals surface area contributed by atoms with Gasteiger partial charge in [0, 0.05) is 0 Å². The van der Waals surface area contributed by atoms with Crippen LogP contribution in [0.1, 0.15) is 0 Å². The van der Waals surface area contributed by atoms with Gasteiger partial charge >= 0.3 is 0 Å². The van der Waals surface area contributed by atoms with E-state index in [1.165, 1.54) is 5.75 Å². The van der Waals surface area contributed by atoms with Crippen molar-refractivity contribution >= 4 is 20.1 Å². The summed E-state index contributed by atoms with van der Waals surface area (Å²) in [6.07, 6.45) is 11.1. The van der Waals surface area contributed by atoms with Crippen LogP contribution in [0.4, 0.5) is 0 Å². The Kier molecular flexibility index (Phi) is 3.79. The van der Waals surface area contributed by atoms with E-state index in [1.54, 1.807) is 0 Å². The molecule has 0 radical (unpaired) electrons. The molecule has 1 nitrogen and oxygen atoms in total. The topological polar surface area (TPSA) is 23.8 Å². The van der Waals surface area contributed by atoms with Crippen molar-refractivity contribution < 1.29 is 0 Å². The highest BCUT2D eigenvalue weighted by Crippen LogP contribution is 2.44. The van der Waals surface area contributed by atoms with Gasteiger partial charge in [-0.1, -0.05) is 0 Å². The normalized spacial score (nSPS) is 15.6. The van der Waals surface area contributed by atoms with E-state index in [9.17, 15) is 0 Å². The Morgan fingerprint density at radius 1 is 1.00 bits per heavy atom. The SMILES string of the molecule is CS(C)(C)CCS(C)(C)C#N. The highest BCUT2D eigenvalue weighted by atomic mass is 32.3. The van der Waals surface area contributed by atoms with Crippen LogP contribution in [0.3, 0.4) is 0 Å². The van der Waals surface area contributed by atoms with Crippen molar-refractivity contribution in [2.45, 2.75) is 0 Å². The van der Waals surface area contributed by atoms with E-state index < -0.39 is 20.1 Å². The Morgan fingerprint density at radius 2 is 1.45 bits per heavy atom. The van der Waals surface area contributed by atoms with Gasteiger partial charge in [0.2, 0.25) is 0 Å². The lowest BCUT2D eigenvalue weighted by molar-refractivity contribution is 1.48. The molecule has 0 bridgehead atoms. The monoisotopic (exact) mass is 193 g/mol. The zero-order valence-corrected chi connectivity index (χ0v) is 9.81. The molecule has 0 saturated heterocycles. The Balaban J connectivity index is 3.83. The van der Waals surface area contributed by atoms with Crippen molar-refractivity contribution in [3.05, 3.63) is 0 Å². The van der Waals surface area contributed by atoms with E-state index in [0.29, 0.717) is 0 Å². The summed E-state index contributed by atoms with van der Waals surface area (Å²) in [5.74, 6) is 2.35. The van der Waals surface area contributed by atoms with Gasteiger partial charge in [0.15, 0.2) is 0 Å². The maximum absolute atomic E-state index is 8.79. The number of nitriles is 1. The molecule has 0 rings (SSSR count). The zero-order valence-electron chi connectivity index (χ0n) is 8.18. The third-order valence-corrected chi connectivity index (χ3v) is 4.86. The molecule has 68 valence electrons. The van der Waals surface area contributed by atoms with E-state index in [1.807, 2.05) is 0 Å². The predicted molar refractivity (Wildman–Crippen MR) is 60.1 cm³/mol. The minimum atomic E-state index is -0.926. The number of nitrogens with zero attached hydrogens (tertiary/aromatic N) is 1. The van der Waals surface area contributed by atoms with Crippen LogP contribution < -0.4 is 0 Å². The molecule has 0 aromatic carbocycles. The molecule has 0 aliphatic carbocycles. The first-order chi connectivity index (χ1) is 4.77. The molecule has 0 saturated carbocycles. The smallest absolute Gasteiger partial charge is 0.113 e. The van der Waals surface area contributed by atoms with Crippen molar-refractivity contribution in [1.82, 2.24) is 0 Å². The van der Waals surface area contributed by atoms with E-state index in [2.05, 4.69) is 36.7 Å². The molecular formula is C8H19NS2. The number of rotatable bonds is 3. The van der Waals surface area contributed by atoms with Crippen LogP contribution >= 0.6 is 20.1 Å². The van der Waals surface area contributed by atoms with Gasteiger partial charge in [0.05, 0.1) is 0 Å². The van der Waals surface area contributed by atoms with Gasteiger partial charge in [-0.3, -0.25) is 0 Å². The molecule has 0 aromatic heterocycles. The third-order valence-electron chi connectivity index (χ3n) is 1.45. The Morgan fingerprint density at radius 3 is 1.73 bits per heavy atom. The number of hydrogen-bond donors (Lipinski definition) is 0. The van der Waals surface area contributed by atoms with Crippen LogP contribution in [0.5, 0.6) is 0 Å². The van der Waals surface area contributed by atoms with Crippen LogP contribution in [0.15, 0.2) is 0 Å². The molecule has 0 atom stereocenters. The van der Waals surface area contributed by atoms with Crippen molar-refractivity contribution in [1.29, 1.82) is 5.26 Å². The molecule has 11 heavy (non-hydrogen) atoms. The van der Waals surface area contributed by atoms with Crippen LogP contribution in [0.2, 0.25) is 0 Å². The maximum Gasteiger partial charge on any atom is 0.113 e. The number of hydrogen-bond acceptors (Lipinski definition) is 1. The van der Waals surface area contributed by atoms with Gasteiger partial charge in [-0.15, -0.1) is 0 Å². The average Bonchev–Trinajstić information content (AvgIpc) is 1.83. The molecule has 0 aromatic rings. The summed E-state index contributed by atoms with van der Waals surface area (Å²) < 4.78 is 0. The molecule has 0 spiro atoms.